The van der Waals surface area contributed by atoms with Crippen LogP contribution >= 0.6 is 23.1 Å². The number of Topliss-reactive ketones (excluding diaryl/α,β-unsaturated/α-hetero) is 1. The molecule has 2 heterocycles. The second kappa shape index (κ2) is 12.4. The van der Waals surface area contributed by atoms with Gasteiger partial charge in [-0.3, -0.25) is 14.2 Å². The van der Waals surface area contributed by atoms with Gasteiger partial charge in [-0.2, -0.15) is 0 Å². The number of ether oxygens (including phenoxy) is 2. The Bertz CT molecular complexity index is 1860. The highest BCUT2D eigenvalue weighted by Gasteiger charge is 2.28. The third kappa shape index (κ3) is 5.86. The van der Waals surface area contributed by atoms with Crippen molar-refractivity contribution in [2.75, 3.05) is 14.2 Å². The van der Waals surface area contributed by atoms with Gasteiger partial charge in [0.25, 0.3) is 5.56 Å². The molecule has 0 radical (unpaired) electrons. The smallest absolute Gasteiger partial charge is 0.263 e. The van der Waals surface area contributed by atoms with Crippen molar-refractivity contribution in [3.63, 3.8) is 0 Å². The van der Waals surface area contributed by atoms with Gasteiger partial charge < -0.3 is 9.47 Å². The van der Waals surface area contributed by atoms with Gasteiger partial charge in [0.2, 0.25) is 0 Å². The number of carbonyl (C=O) groups is 1. The normalized spacial score (nSPS) is 13.2. The van der Waals surface area contributed by atoms with Crippen LogP contribution in [0.4, 0.5) is 0 Å². The molecule has 43 heavy (non-hydrogen) atoms. The Kier molecular flexibility index (Phi) is 8.41. The second-order valence-electron chi connectivity index (χ2n) is 11.0. The van der Waals surface area contributed by atoms with E-state index in [0.717, 1.165) is 57.3 Å². The molecule has 0 spiro atoms. The monoisotopic (exact) mass is 610 g/mol. The lowest BCUT2D eigenvalue weighted by Crippen LogP contribution is -2.25. The number of ketones is 1. The van der Waals surface area contributed by atoms with E-state index >= 15 is 0 Å². The Balaban J connectivity index is 1.44. The molecule has 0 aliphatic heterocycles. The molecule has 220 valence electrons. The summed E-state index contributed by atoms with van der Waals surface area (Å²) in [6.07, 6.45) is 3.56. The maximum absolute atomic E-state index is 14.2. The van der Waals surface area contributed by atoms with E-state index in [2.05, 4.69) is 0 Å². The summed E-state index contributed by atoms with van der Waals surface area (Å²) in [6.45, 7) is 4.46. The summed E-state index contributed by atoms with van der Waals surface area (Å²) in [6, 6.07) is 21.5. The maximum atomic E-state index is 14.2. The fraction of sp³-hybridized carbons (Fsp3) is 0.286. The number of hydrogen-bond acceptors (Lipinski definition) is 7. The third-order valence-electron chi connectivity index (χ3n) is 8.04. The van der Waals surface area contributed by atoms with Gasteiger partial charge >= 0.3 is 0 Å². The molecule has 8 heteroatoms. The zero-order chi connectivity index (χ0) is 30.1. The van der Waals surface area contributed by atoms with E-state index in [1.54, 1.807) is 30.1 Å². The van der Waals surface area contributed by atoms with E-state index in [4.69, 9.17) is 14.5 Å². The first-order valence-electron chi connectivity index (χ1n) is 14.5. The zero-order valence-corrected chi connectivity index (χ0v) is 26.4. The van der Waals surface area contributed by atoms with Crippen LogP contribution < -0.4 is 15.0 Å². The van der Waals surface area contributed by atoms with Crippen molar-refractivity contribution < 1.29 is 14.3 Å². The van der Waals surface area contributed by atoms with Crippen molar-refractivity contribution in [1.82, 2.24) is 9.55 Å². The van der Waals surface area contributed by atoms with Crippen molar-refractivity contribution in [2.45, 2.75) is 56.5 Å². The summed E-state index contributed by atoms with van der Waals surface area (Å²) >= 11 is 2.99. The summed E-state index contributed by atoms with van der Waals surface area (Å²) in [5, 5.41) is 0.738. The largest absolute Gasteiger partial charge is 0.493 e. The Morgan fingerprint density at radius 3 is 2.35 bits per heavy atom. The van der Waals surface area contributed by atoms with Crippen LogP contribution in [0.25, 0.3) is 10.2 Å². The molecule has 0 saturated carbocycles. The van der Waals surface area contributed by atoms with Gasteiger partial charge in [-0.1, -0.05) is 77.5 Å². The number of aromatic nitrogens is 2. The van der Waals surface area contributed by atoms with Crippen LogP contribution in [0.3, 0.4) is 0 Å². The van der Waals surface area contributed by atoms with Crippen molar-refractivity contribution in [2.24, 2.45) is 0 Å². The second-order valence-corrected chi connectivity index (χ2v) is 13.1. The number of benzene rings is 3. The minimum absolute atomic E-state index is 0.0108. The highest BCUT2D eigenvalue weighted by Crippen LogP contribution is 2.40. The topological polar surface area (TPSA) is 70.4 Å². The molecule has 0 bridgehead atoms. The minimum atomic E-state index is -0.563. The molecular weight excluding hydrogens is 577 g/mol. The maximum Gasteiger partial charge on any atom is 0.263 e. The Morgan fingerprint density at radius 2 is 1.65 bits per heavy atom. The molecule has 1 aliphatic rings. The number of thiophene rings is 1. The molecule has 0 unspecified atom stereocenters. The molecule has 1 aliphatic carbocycles. The Hall–Kier alpha value is -3.88. The van der Waals surface area contributed by atoms with Gasteiger partial charge in [-0.15, -0.1) is 11.3 Å². The molecule has 5 aromatic rings. The summed E-state index contributed by atoms with van der Waals surface area (Å²) in [5.41, 5.74) is 5.88. The summed E-state index contributed by atoms with van der Waals surface area (Å²) in [5.74, 6) is 1.30. The van der Waals surface area contributed by atoms with E-state index in [-0.39, 0.29) is 11.3 Å². The molecule has 6 nitrogen and oxygen atoms in total. The molecule has 0 amide bonds. The number of methoxy groups -OCH3 is 2. The summed E-state index contributed by atoms with van der Waals surface area (Å²) in [4.78, 5) is 35.4. The summed E-state index contributed by atoms with van der Waals surface area (Å²) < 4.78 is 12.7. The average molecular weight is 611 g/mol. The van der Waals surface area contributed by atoms with Crippen LogP contribution in [0.15, 0.2) is 76.7 Å². The van der Waals surface area contributed by atoms with Crippen molar-refractivity contribution in [3.05, 3.63) is 115 Å². The number of fused-ring (bicyclic) bond motifs is 3. The fourth-order valence-electron chi connectivity index (χ4n) is 5.61. The van der Waals surface area contributed by atoms with Crippen LogP contribution in [0, 0.1) is 13.8 Å². The molecule has 2 aromatic heterocycles. The van der Waals surface area contributed by atoms with Crippen molar-refractivity contribution in [3.8, 4) is 11.5 Å². The standard InChI is InChI=1S/C35H34N2O4S2/c1-21-8-13-24(14-9-21)31(38)32(25-15-10-22(2)11-16-25)43-35-36-33-30(26-6-5-7-29(26)42-33)34(39)37(35)19-18-23-12-17-27(40-3)28(20-23)41-4/h8-17,20,32H,5-7,18-19H2,1-4H3/t32-/m1/s1. The molecular formula is C35H34N2O4S2. The SMILES string of the molecule is COc1ccc(CCn2c(S[C@@H](C(=O)c3ccc(C)cc3)c3ccc(C)cc3)nc3sc4c(c3c2=O)CCC4)cc1OC. The highest BCUT2D eigenvalue weighted by molar-refractivity contribution is 8.00. The third-order valence-corrected chi connectivity index (χ3v) is 10.5. The van der Waals surface area contributed by atoms with E-state index in [1.807, 2.05) is 80.6 Å². The van der Waals surface area contributed by atoms with E-state index in [9.17, 15) is 9.59 Å². The number of hydrogen-bond donors (Lipinski definition) is 0. The van der Waals surface area contributed by atoms with Crippen LogP contribution in [0.2, 0.25) is 0 Å². The van der Waals surface area contributed by atoms with Gasteiger partial charge in [0.1, 0.15) is 10.1 Å². The van der Waals surface area contributed by atoms with Gasteiger partial charge in [-0.05, 0) is 68.4 Å². The molecule has 6 rings (SSSR count). The highest BCUT2D eigenvalue weighted by atomic mass is 32.2. The first-order valence-corrected chi connectivity index (χ1v) is 16.2. The number of carbonyl (C=O) groups excluding carboxylic acids is 1. The predicted molar refractivity (Wildman–Crippen MR) is 174 cm³/mol. The van der Waals surface area contributed by atoms with Gasteiger partial charge in [0.15, 0.2) is 22.4 Å². The minimum Gasteiger partial charge on any atom is -0.493 e. The number of nitrogens with zero attached hydrogens (tertiary/aromatic N) is 2. The molecule has 0 saturated heterocycles. The lowest BCUT2D eigenvalue weighted by atomic mass is 10.0. The van der Waals surface area contributed by atoms with Crippen LogP contribution in [0.1, 0.15) is 54.7 Å². The molecule has 3 aromatic carbocycles. The quantitative estimate of drug-likeness (QED) is 0.0925. The number of thioether (sulfide) groups is 1. The van der Waals surface area contributed by atoms with Crippen molar-refractivity contribution >= 4 is 39.1 Å². The lowest BCUT2D eigenvalue weighted by molar-refractivity contribution is 0.0989. The van der Waals surface area contributed by atoms with E-state index in [0.29, 0.717) is 35.2 Å². The van der Waals surface area contributed by atoms with Gasteiger partial charge in [0.05, 0.1) is 19.6 Å². The predicted octanol–water partition coefficient (Wildman–Crippen LogP) is 7.54. The number of rotatable bonds is 10. The van der Waals surface area contributed by atoms with Crippen LogP contribution in [-0.2, 0) is 25.8 Å². The lowest BCUT2D eigenvalue weighted by Gasteiger charge is -2.19. The van der Waals surface area contributed by atoms with Crippen LogP contribution in [-0.4, -0.2) is 29.6 Å². The molecule has 1 atom stereocenters. The van der Waals surface area contributed by atoms with Crippen molar-refractivity contribution in [1.29, 1.82) is 0 Å². The average Bonchev–Trinajstić information content (AvgIpc) is 3.61. The van der Waals surface area contributed by atoms with Gasteiger partial charge in [0, 0.05) is 17.0 Å². The first kappa shape index (κ1) is 29.2. The Morgan fingerprint density at radius 1 is 0.953 bits per heavy atom. The Labute approximate surface area is 259 Å². The zero-order valence-electron chi connectivity index (χ0n) is 24.8. The van der Waals surface area contributed by atoms with E-state index < -0.39 is 5.25 Å². The van der Waals surface area contributed by atoms with Crippen LogP contribution in [0.5, 0.6) is 11.5 Å². The van der Waals surface area contributed by atoms with Gasteiger partial charge in [-0.25, -0.2) is 4.98 Å². The fourth-order valence-corrected chi connectivity index (χ4v) is 8.11. The molecule has 0 fully saturated rings. The van der Waals surface area contributed by atoms with E-state index in [1.165, 1.54) is 16.6 Å². The first-order chi connectivity index (χ1) is 20.9. The number of aryl methyl sites for hydroxylation is 5. The molecule has 0 N–H and O–H groups in total. The summed E-state index contributed by atoms with van der Waals surface area (Å²) in [7, 11) is 3.23.